The molecule has 0 spiro atoms. The van der Waals surface area contributed by atoms with E-state index in [1.54, 1.807) is 0 Å². The number of allylic oxidation sites excluding steroid dienone is 8. The van der Waals surface area contributed by atoms with Crippen molar-refractivity contribution in [3.05, 3.63) is 111 Å². The predicted molar refractivity (Wildman–Crippen MR) is 270 cm³/mol. The number of nitrogens with zero attached hydrogens (tertiary/aromatic N) is 3. The van der Waals surface area contributed by atoms with Gasteiger partial charge in [0.15, 0.2) is 5.71 Å². The summed E-state index contributed by atoms with van der Waals surface area (Å²) in [5.41, 5.74) is 12.7. The smallest absolute Gasteiger partial charge is 0.210 e. The number of fused-ring (bicyclic) bond motifs is 4. The molecule has 4 nitrogen and oxygen atoms in total. The Morgan fingerprint density at radius 3 is 2.24 bits per heavy atom. The van der Waals surface area contributed by atoms with E-state index in [0.717, 1.165) is 82.6 Å². The van der Waals surface area contributed by atoms with Gasteiger partial charge in [-0.15, -0.1) is 0 Å². The first-order valence-corrected chi connectivity index (χ1v) is 24.8. The van der Waals surface area contributed by atoms with Crippen LogP contribution < -0.4 is 9.80 Å². The second-order valence-electron chi connectivity index (χ2n) is 20.6. The van der Waals surface area contributed by atoms with Crippen LogP contribution in [0, 0.1) is 12.3 Å². The lowest BCUT2D eigenvalue weighted by Gasteiger charge is -2.27. The summed E-state index contributed by atoms with van der Waals surface area (Å²) in [7, 11) is 0. The first-order chi connectivity index (χ1) is 29.5. The van der Waals surface area contributed by atoms with Crippen molar-refractivity contribution in [3.8, 4) is 0 Å². The van der Waals surface area contributed by atoms with Crippen molar-refractivity contribution in [2.24, 2.45) is 5.41 Å². The SMILES string of the molecule is CCCCN(CCCC)c1ccc2c(c1)C(C)(C)C(=CC=C1CCCC(C=CC3=[N+](CCCCCC(=O)C(C)(C)C)c4ccc5cc(C)ccc5c4C3(C)C)=C1Cl)N2CCCC. The molecule has 0 unspecified atom stereocenters. The van der Waals surface area contributed by atoms with E-state index in [-0.39, 0.29) is 16.2 Å². The van der Waals surface area contributed by atoms with E-state index in [9.17, 15) is 4.79 Å². The van der Waals surface area contributed by atoms with Gasteiger partial charge < -0.3 is 9.80 Å². The summed E-state index contributed by atoms with van der Waals surface area (Å²) in [4.78, 5) is 17.9. The van der Waals surface area contributed by atoms with Crippen LogP contribution in [-0.4, -0.2) is 42.2 Å². The van der Waals surface area contributed by atoms with Gasteiger partial charge in [-0.2, -0.15) is 4.58 Å². The van der Waals surface area contributed by atoms with Crippen molar-refractivity contribution in [2.75, 3.05) is 36.0 Å². The van der Waals surface area contributed by atoms with E-state index in [2.05, 4.69) is 143 Å². The van der Waals surface area contributed by atoms with Crippen molar-refractivity contribution >= 4 is 50.9 Å². The highest BCUT2D eigenvalue weighted by Gasteiger charge is 2.45. The van der Waals surface area contributed by atoms with Crippen molar-refractivity contribution in [1.29, 1.82) is 0 Å². The molecular formula is C57H79ClN3O+. The topological polar surface area (TPSA) is 26.6 Å². The van der Waals surface area contributed by atoms with E-state index in [1.807, 2.05) is 20.8 Å². The fourth-order valence-electron chi connectivity index (χ4n) is 10.1. The number of ketones is 1. The van der Waals surface area contributed by atoms with Gasteiger partial charge in [0.2, 0.25) is 5.69 Å². The zero-order valence-corrected chi connectivity index (χ0v) is 41.3. The Kier molecular flexibility index (Phi) is 15.6. The Labute approximate surface area is 381 Å². The highest BCUT2D eigenvalue weighted by atomic mass is 35.5. The summed E-state index contributed by atoms with van der Waals surface area (Å²) in [6, 6.07) is 18.8. The van der Waals surface area contributed by atoms with E-state index in [0.29, 0.717) is 12.2 Å². The van der Waals surface area contributed by atoms with Gasteiger partial charge >= 0.3 is 0 Å². The van der Waals surface area contributed by atoms with Crippen molar-refractivity contribution < 1.29 is 9.37 Å². The van der Waals surface area contributed by atoms with Crippen LogP contribution in [0.5, 0.6) is 0 Å². The average molecular weight is 858 g/mol. The van der Waals surface area contributed by atoms with Crippen LogP contribution in [0.2, 0.25) is 0 Å². The molecule has 0 amide bonds. The van der Waals surface area contributed by atoms with Crippen LogP contribution in [0.25, 0.3) is 10.8 Å². The minimum atomic E-state index is -0.271. The van der Waals surface area contributed by atoms with Gasteiger partial charge in [0.05, 0.1) is 5.41 Å². The molecule has 3 aromatic carbocycles. The second kappa shape index (κ2) is 20.3. The molecule has 0 saturated heterocycles. The molecule has 62 heavy (non-hydrogen) atoms. The number of benzene rings is 3. The second-order valence-corrected chi connectivity index (χ2v) is 21.0. The summed E-state index contributed by atoms with van der Waals surface area (Å²) in [6.07, 6.45) is 23.4. The molecule has 0 saturated carbocycles. The zero-order chi connectivity index (χ0) is 44.8. The molecule has 334 valence electrons. The number of aryl methyl sites for hydroxylation is 1. The van der Waals surface area contributed by atoms with Crippen LogP contribution >= 0.6 is 11.6 Å². The molecule has 3 aromatic rings. The highest BCUT2D eigenvalue weighted by Crippen LogP contribution is 2.50. The average Bonchev–Trinajstić information content (AvgIpc) is 3.58. The lowest BCUT2D eigenvalue weighted by molar-refractivity contribution is -0.438. The monoisotopic (exact) mass is 857 g/mol. The zero-order valence-electron chi connectivity index (χ0n) is 40.6. The Balaban J connectivity index is 1.32. The normalized spacial score (nSPS) is 18.5. The molecule has 0 radical (unpaired) electrons. The number of halogens is 1. The summed E-state index contributed by atoms with van der Waals surface area (Å²) in [5, 5.41) is 3.54. The van der Waals surface area contributed by atoms with Crippen molar-refractivity contribution in [1.82, 2.24) is 0 Å². The summed E-state index contributed by atoms with van der Waals surface area (Å²) < 4.78 is 2.57. The van der Waals surface area contributed by atoms with Gasteiger partial charge in [-0.1, -0.05) is 122 Å². The number of carbonyl (C=O) groups excluding carboxylic acids is 1. The fourth-order valence-corrected chi connectivity index (χ4v) is 10.4. The van der Waals surface area contributed by atoms with E-state index < -0.39 is 0 Å². The molecule has 0 atom stereocenters. The minimum absolute atomic E-state index is 0.126. The fraction of sp³-hybridized carbons (Fsp3) is 0.544. The van der Waals surface area contributed by atoms with Gasteiger partial charge in [0, 0.05) is 83.1 Å². The molecule has 0 fully saturated rings. The molecule has 0 bridgehead atoms. The van der Waals surface area contributed by atoms with Gasteiger partial charge in [-0.3, -0.25) is 4.79 Å². The largest absolute Gasteiger partial charge is 0.372 e. The lowest BCUT2D eigenvalue weighted by Crippen LogP contribution is -2.28. The Morgan fingerprint density at radius 1 is 0.823 bits per heavy atom. The van der Waals surface area contributed by atoms with Crippen LogP contribution in [0.4, 0.5) is 17.1 Å². The molecule has 6 rings (SSSR count). The van der Waals surface area contributed by atoms with Crippen molar-refractivity contribution in [2.45, 2.75) is 170 Å². The van der Waals surface area contributed by atoms with E-state index >= 15 is 0 Å². The number of hydrogen-bond donors (Lipinski definition) is 0. The van der Waals surface area contributed by atoms with Crippen LogP contribution in [0.1, 0.15) is 169 Å². The first kappa shape index (κ1) is 47.6. The summed E-state index contributed by atoms with van der Waals surface area (Å²) >= 11 is 7.47. The number of Topliss-reactive ketones (excluding diaryl/α,β-unsaturated/α-hetero) is 1. The van der Waals surface area contributed by atoms with Crippen LogP contribution in [-0.2, 0) is 15.6 Å². The van der Waals surface area contributed by atoms with Crippen LogP contribution in [0.3, 0.4) is 0 Å². The van der Waals surface area contributed by atoms with Gasteiger partial charge in [-0.25, -0.2) is 0 Å². The molecule has 1 aliphatic carbocycles. The predicted octanol–water partition coefficient (Wildman–Crippen LogP) is 15.7. The molecule has 2 heterocycles. The third kappa shape index (κ3) is 10.2. The van der Waals surface area contributed by atoms with E-state index in [4.69, 9.17) is 11.6 Å². The summed E-state index contributed by atoms with van der Waals surface area (Å²) in [6.45, 7) is 29.0. The Morgan fingerprint density at radius 2 is 1.55 bits per heavy atom. The quantitative estimate of drug-likeness (QED) is 0.0888. The summed E-state index contributed by atoms with van der Waals surface area (Å²) in [5.74, 6) is 0.358. The molecule has 0 N–H and O–H groups in total. The third-order valence-corrected chi connectivity index (χ3v) is 14.5. The maximum atomic E-state index is 12.7. The molecule has 5 heteroatoms. The first-order valence-electron chi connectivity index (χ1n) is 24.4. The van der Waals surface area contributed by atoms with Crippen molar-refractivity contribution in [3.63, 3.8) is 0 Å². The molecular weight excluding hydrogens is 778 g/mol. The Hall–Kier alpha value is -3.89. The van der Waals surface area contributed by atoms with Gasteiger partial charge in [0.1, 0.15) is 12.3 Å². The van der Waals surface area contributed by atoms with Crippen LogP contribution in [0.15, 0.2) is 94.7 Å². The number of hydrogen-bond acceptors (Lipinski definition) is 3. The molecule has 0 aromatic heterocycles. The number of carbonyl (C=O) groups is 1. The highest BCUT2D eigenvalue weighted by molar-refractivity contribution is 6.32. The number of rotatable bonds is 19. The molecule has 2 aliphatic heterocycles. The maximum absolute atomic E-state index is 12.7. The van der Waals surface area contributed by atoms with Gasteiger partial charge in [-0.05, 0) is 130 Å². The van der Waals surface area contributed by atoms with Gasteiger partial charge in [0.25, 0.3) is 0 Å². The lowest BCUT2D eigenvalue weighted by atomic mass is 9.78. The maximum Gasteiger partial charge on any atom is 0.210 e. The molecule has 3 aliphatic rings. The van der Waals surface area contributed by atoms with E-state index in [1.165, 1.54) is 92.8 Å². The standard InChI is InChI=1S/C57H79ClN3O/c1-12-15-35-59(36-16-13-2)45-29-32-48-47(40-45)56(8,9)50(60(48)37-17-14-3)33-27-42-22-21-23-43(54(42)58)28-34-51-57(10,11)53-46-30-25-41(4)39-44(46)26-31-49(53)61(51)38-20-18-19-24-52(62)55(5,6)7/h25-34,39-40H,12-24,35-38H2,1-11H3/q+1. The third-order valence-electron chi connectivity index (χ3n) is 14.0. The minimum Gasteiger partial charge on any atom is -0.372 e. The number of anilines is 2. The Bertz CT molecular complexity index is 2250. The number of unbranched alkanes of at least 4 members (excludes halogenated alkanes) is 5.